The van der Waals surface area contributed by atoms with Gasteiger partial charge in [0, 0.05) is 37.6 Å². The lowest BCUT2D eigenvalue weighted by Crippen LogP contribution is -2.55. The molecule has 0 saturated heterocycles. The topological polar surface area (TPSA) is 47.1 Å². The monoisotopic (exact) mass is 290 g/mol. The highest BCUT2D eigenvalue weighted by molar-refractivity contribution is 5.02. The number of rotatable bonds is 4. The summed E-state index contributed by atoms with van der Waals surface area (Å²) in [5, 5.41) is 0. The minimum atomic E-state index is 0.222. The van der Waals surface area contributed by atoms with E-state index in [0.717, 1.165) is 32.1 Å². The van der Waals surface area contributed by atoms with E-state index in [2.05, 4.69) is 27.6 Å². The van der Waals surface area contributed by atoms with Gasteiger partial charge in [-0.2, -0.15) is 0 Å². The lowest BCUT2D eigenvalue weighted by Gasteiger charge is -2.45. The van der Waals surface area contributed by atoms with E-state index in [1.54, 1.807) is 0 Å². The SMILES string of the molecule is CCCC1CCCC(CN)(N2CCn3ccnc3C2)CC1. The predicted octanol–water partition coefficient (Wildman–Crippen LogP) is 2.78. The van der Waals surface area contributed by atoms with E-state index >= 15 is 0 Å². The smallest absolute Gasteiger partial charge is 0.122 e. The number of imidazole rings is 1. The zero-order valence-electron chi connectivity index (χ0n) is 13.4. The van der Waals surface area contributed by atoms with E-state index in [4.69, 9.17) is 5.73 Å². The first kappa shape index (κ1) is 15.0. The van der Waals surface area contributed by atoms with Gasteiger partial charge in [0.2, 0.25) is 0 Å². The van der Waals surface area contributed by atoms with Crippen LogP contribution in [0.15, 0.2) is 12.4 Å². The molecule has 4 heteroatoms. The molecule has 2 N–H and O–H groups in total. The highest BCUT2D eigenvalue weighted by atomic mass is 15.3. The van der Waals surface area contributed by atoms with Gasteiger partial charge in [-0.25, -0.2) is 4.98 Å². The molecule has 118 valence electrons. The molecule has 0 spiro atoms. The molecular formula is C17H30N4. The van der Waals surface area contributed by atoms with Crippen molar-refractivity contribution in [3.8, 4) is 0 Å². The molecule has 1 aromatic rings. The molecule has 21 heavy (non-hydrogen) atoms. The number of fused-ring (bicyclic) bond motifs is 1. The molecule has 1 aromatic heterocycles. The molecule has 2 atom stereocenters. The van der Waals surface area contributed by atoms with Gasteiger partial charge in [0.25, 0.3) is 0 Å². The van der Waals surface area contributed by atoms with E-state index in [1.165, 1.54) is 50.8 Å². The maximum Gasteiger partial charge on any atom is 0.122 e. The maximum atomic E-state index is 6.28. The van der Waals surface area contributed by atoms with Crippen LogP contribution in [0.2, 0.25) is 0 Å². The third-order valence-electron chi connectivity index (χ3n) is 5.76. The summed E-state index contributed by atoms with van der Waals surface area (Å²) in [5.74, 6) is 2.14. The zero-order valence-corrected chi connectivity index (χ0v) is 13.4. The first-order valence-corrected chi connectivity index (χ1v) is 8.72. The Kier molecular flexibility index (Phi) is 4.65. The molecular weight excluding hydrogens is 260 g/mol. The molecule has 3 rings (SSSR count). The van der Waals surface area contributed by atoms with Crippen molar-refractivity contribution in [3.63, 3.8) is 0 Å². The van der Waals surface area contributed by atoms with E-state index in [-0.39, 0.29) is 5.54 Å². The van der Waals surface area contributed by atoms with Crippen molar-refractivity contribution >= 4 is 0 Å². The van der Waals surface area contributed by atoms with Crippen molar-refractivity contribution in [2.45, 2.75) is 70.5 Å². The maximum absolute atomic E-state index is 6.28. The Morgan fingerprint density at radius 3 is 3.05 bits per heavy atom. The fourth-order valence-corrected chi connectivity index (χ4v) is 4.39. The fourth-order valence-electron chi connectivity index (χ4n) is 4.39. The van der Waals surface area contributed by atoms with Gasteiger partial charge in [0.05, 0.1) is 6.54 Å². The molecule has 4 nitrogen and oxygen atoms in total. The third kappa shape index (κ3) is 3.02. The van der Waals surface area contributed by atoms with Crippen molar-refractivity contribution in [2.75, 3.05) is 13.1 Å². The predicted molar refractivity (Wildman–Crippen MR) is 85.9 cm³/mol. The summed E-state index contributed by atoms with van der Waals surface area (Å²) >= 11 is 0. The van der Waals surface area contributed by atoms with Gasteiger partial charge < -0.3 is 10.3 Å². The molecule has 2 aliphatic rings. The van der Waals surface area contributed by atoms with Gasteiger partial charge in [-0.3, -0.25) is 4.90 Å². The molecule has 0 bridgehead atoms. The molecule has 2 unspecified atom stereocenters. The first-order valence-electron chi connectivity index (χ1n) is 8.72. The van der Waals surface area contributed by atoms with E-state index in [1.807, 2.05) is 6.20 Å². The summed E-state index contributed by atoms with van der Waals surface area (Å²) in [4.78, 5) is 7.16. The molecule has 2 heterocycles. The summed E-state index contributed by atoms with van der Waals surface area (Å²) in [6.45, 7) is 6.27. The van der Waals surface area contributed by atoms with Crippen LogP contribution in [-0.4, -0.2) is 33.1 Å². The van der Waals surface area contributed by atoms with Gasteiger partial charge in [0.15, 0.2) is 0 Å². The molecule has 1 fully saturated rings. The summed E-state index contributed by atoms with van der Waals surface area (Å²) in [5.41, 5.74) is 6.51. The average Bonchev–Trinajstić information content (AvgIpc) is 2.88. The van der Waals surface area contributed by atoms with Crippen LogP contribution < -0.4 is 5.73 Å². The second kappa shape index (κ2) is 6.49. The van der Waals surface area contributed by atoms with Crippen molar-refractivity contribution in [3.05, 3.63) is 18.2 Å². The van der Waals surface area contributed by atoms with E-state index in [9.17, 15) is 0 Å². The molecule has 0 radical (unpaired) electrons. The van der Waals surface area contributed by atoms with Crippen molar-refractivity contribution in [1.82, 2.24) is 14.5 Å². The Bertz CT molecular complexity index is 455. The van der Waals surface area contributed by atoms with Crippen LogP contribution in [0.4, 0.5) is 0 Å². The van der Waals surface area contributed by atoms with E-state index in [0.29, 0.717) is 0 Å². The summed E-state index contributed by atoms with van der Waals surface area (Å²) in [7, 11) is 0. The Morgan fingerprint density at radius 1 is 1.33 bits per heavy atom. The molecule has 1 saturated carbocycles. The van der Waals surface area contributed by atoms with Crippen LogP contribution in [0, 0.1) is 5.92 Å². The Morgan fingerprint density at radius 2 is 2.24 bits per heavy atom. The minimum absolute atomic E-state index is 0.222. The summed E-state index contributed by atoms with van der Waals surface area (Å²) in [6, 6.07) is 0. The first-order chi connectivity index (χ1) is 10.3. The molecule has 1 aliphatic heterocycles. The number of aromatic nitrogens is 2. The Labute approximate surface area is 128 Å². The minimum Gasteiger partial charge on any atom is -0.333 e. The molecule has 0 aromatic carbocycles. The van der Waals surface area contributed by atoms with Crippen molar-refractivity contribution in [1.29, 1.82) is 0 Å². The zero-order chi connectivity index (χ0) is 14.7. The quantitative estimate of drug-likeness (QED) is 0.867. The van der Waals surface area contributed by atoms with Crippen LogP contribution in [0.3, 0.4) is 0 Å². The largest absolute Gasteiger partial charge is 0.333 e. The molecule has 0 amide bonds. The van der Waals surface area contributed by atoms with Crippen molar-refractivity contribution in [2.24, 2.45) is 11.7 Å². The Balaban J connectivity index is 1.72. The second-order valence-corrected chi connectivity index (χ2v) is 6.97. The lowest BCUT2D eigenvalue weighted by molar-refractivity contribution is 0.0488. The van der Waals surface area contributed by atoms with E-state index < -0.39 is 0 Å². The molecule has 1 aliphatic carbocycles. The lowest BCUT2D eigenvalue weighted by atomic mass is 9.86. The number of nitrogens with two attached hydrogens (primary N) is 1. The van der Waals surface area contributed by atoms with Gasteiger partial charge in [-0.15, -0.1) is 0 Å². The average molecular weight is 290 g/mol. The second-order valence-electron chi connectivity index (χ2n) is 6.97. The highest BCUT2D eigenvalue weighted by Crippen LogP contribution is 2.37. The van der Waals surface area contributed by atoms with Gasteiger partial charge in [0.1, 0.15) is 5.82 Å². The normalized spacial score (nSPS) is 30.9. The van der Waals surface area contributed by atoms with Gasteiger partial charge in [-0.1, -0.05) is 32.6 Å². The fraction of sp³-hybridized carbons (Fsp3) is 0.824. The van der Waals surface area contributed by atoms with Crippen LogP contribution in [0.5, 0.6) is 0 Å². The standard InChI is InChI=1S/C17H30N4/c1-2-4-15-5-3-7-17(14-18,8-6-15)21-12-11-20-10-9-19-16(20)13-21/h9-10,15H,2-8,11-14,18H2,1H3. The third-order valence-corrected chi connectivity index (χ3v) is 5.76. The van der Waals surface area contributed by atoms with Gasteiger partial charge >= 0.3 is 0 Å². The van der Waals surface area contributed by atoms with Crippen LogP contribution >= 0.6 is 0 Å². The summed E-state index contributed by atoms with van der Waals surface area (Å²) in [6.07, 6.45) is 13.4. The number of hydrogen-bond acceptors (Lipinski definition) is 3. The van der Waals surface area contributed by atoms with Crippen LogP contribution in [0.25, 0.3) is 0 Å². The van der Waals surface area contributed by atoms with Gasteiger partial charge in [-0.05, 0) is 25.2 Å². The number of nitrogens with zero attached hydrogens (tertiary/aromatic N) is 3. The highest BCUT2D eigenvalue weighted by Gasteiger charge is 2.38. The van der Waals surface area contributed by atoms with Crippen molar-refractivity contribution < 1.29 is 0 Å². The van der Waals surface area contributed by atoms with Crippen LogP contribution in [0.1, 0.15) is 57.7 Å². The summed E-state index contributed by atoms with van der Waals surface area (Å²) < 4.78 is 2.29. The number of hydrogen-bond donors (Lipinski definition) is 1. The Hall–Kier alpha value is -0.870. The van der Waals surface area contributed by atoms with Crippen LogP contribution in [-0.2, 0) is 13.1 Å².